The van der Waals surface area contributed by atoms with Crippen molar-refractivity contribution in [2.75, 3.05) is 6.61 Å². The SMILES string of the molecule is CCCCC(CC)COC(=O)[C@@H](N)CCC. The first-order chi connectivity index (χ1) is 7.65. The van der Waals surface area contributed by atoms with E-state index in [1.54, 1.807) is 0 Å². The number of carbonyl (C=O) groups excluding carboxylic acids is 1. The normalized spacial score (nSPS) is 14.5. The van der Waals surface area contributed by atoms with Gasteiger partial charge in [-0.15, -0.1) is 0 Å². The fourth-order valence-corrected chi connectivity index (χ4v) is 1.63. The van der Waals surface area contributed by atoms with E-state index >= 15 is 0 Å². The highest BCUT2D eigenvalue weighted by Crippen LogP contribution is 2.13. The van der Waals surface area contributed by atoms with Gasteiger partial charge in [0, 0.05) is 0 Å². The molecule has 16 heavy (non-hydrogen) atoms. The van der Waals surface area contributed by atoms with Gasteiger partial charge in [0.15, 0.2) is 0 Å². The van der Waals surface area contributed by atoms with Gasteiger partial charge in [0.05, 0.1) is 6.61 Å². The van der Waals surface area contributed by atoms with Gasteiger partial charge in [-0.1, -0.05) is 46.5 Å². The summed E-state index contributed by atoms with van der Waals surface area (Å²) in [6.07, 6.45) is 6.24. The van der Waals surface area contributed by atoms with Crippen LogP contribution in [-0.4, -0.2) is 18.6 Å². The molecule has 0 saturated carbocycles. The summed E-state index contributed by atoms with van der Waals surface area (Å²) in [6, 6.07) is -0.436. The van der Waals surface area contributed by atoms with E-state index in [4.69, 9.17) is 10.5 Å². The van der Waals surface area contributed by atoms with Crippen molar-refractivity contribution in [2.24, 2.45) is 11.7 Å². The van der Waals surface area contributed by atoms with E-state index in [1.165, 1.54) is 12.8 Å². The molecule has 0 spiro atoms. The summed E-state index contributed by atoms with van der Waals surface area (Å²) in [7, 11) is 0. The summed E-state index contributed by atoms with van der Waals surface area (Å²) >= 11 is 0. The molecule has 0 aliphatic heterocycles. The van der Waals surface area contributed by atoms with Crippen molar-refractivity contribution in [1.82, 2.24) is 0 Å². The third kappa shape index (κ3) is 6.83. The maximum atomic E-state index is 11.5. The van der Waals surface area contributed by atoms with Crippen LogP contribution in [0.5, 0.6) is 0 Å². The summed E-state index contributed by atoms with van der Waals surface area (Å²) in [5.41, 5.74) is 5.68. The number of hydrogen-bond donors (Lipinski definition) is 1. The molecule has 2 N–H and O–H groups in total. The van der Waals surface area contributed by atoms with Gasteiger partial charge in [-0.3, -0.25) is 4.79 Å². The van der Waals surface area contributed by atoms with Crippen LogP contribution in [0.4, 0.5) is 0 Å². The number of carbonyl (C=O) groups is 1. The lowest BCUT2D eigenvalue weighted by Crippen LogP contribution is -2.33. The maximum absolute atomic E-state index is 11.5. The molecule has 0 heterocycles. The van der Waals surface area contributed by atoms with Crippen LogP contribution in [0.3, 0.4) is 0 Å². The molecular weight excluding hydrogens is 202 g/mol. The van der Waals surface area contributed by atoms with E-state index in [9.17, 15) is 4.79 Å². The molecule has 0 rings (SSSR count). The van der Waals surface area contributed by atoms with Crippen molar-refractivity contribution in [3.63, 3.8) is 0 Å². The van der Waals surface area contributed by atoms with Gasteiger partial charge in [0.1, 0.15) is 6.04 Å². The van der Waals surface area contributed by atoms with Gasteiger partial charge >= 0.3 is 5.97 Å². The molecule has 3 heteroatoms. The topological polar surface area (TPSA) is 52.3 Å². The fraction of sp³-hybridized carbons (Fsp3) is 0.923. The molecule has 0 saturated heterocycles. The van der Waals surface area contributed by atoms with Crippen molar-refractivity contribution in [2.45, 2.75) is 65.3 Å². The Morgan fingerprint density at radius 1 is 1.19 bits per heavy atom. The summed E-state index contributed by atoms with van der Waals surface area (Å²) < 4.78 is 5.24. The average molecular weight is 229 g/mol. The molecule has 0 radical (unpaired) electrons. The zero-order valence-electron chi connectivity index (χ0n) is 11.0. The zero-order chi connectivity index (χ0) is 12.4. The van der Waals surface area contributed by atoms with Crippen molar-refractivity contribution in [3.05, 3.63) is 0 Å². The van der Waals surface area contributed by atoms with Gasteiger partial charge in [0.2, 0.25) is 0 Å². The quantitative estimate of drug-likeness (QED) is 0.618. The van der Waals surface area contributed by atoms with E-state index in [0.29, 0.717) is 18.9 Å². The molecule has 0 aliphatic carbocycles. The van der Waals surface area contributed by atoms with Crippen LogP contribution in [0.15, 0.2) is 0 Å². The molecule has 0 aliphatic rings. The second-order valence-corrected chi connectivity index (χ2v) is 4.44. The number of ether oxygens (including phenoxy) is 1. The maximum Gasteiger partial charge on any atom is 0.322 e. The summed E-state index contributed by atoms with van der Waals surface area (Å²) in [5, 5.41) is 0. The molecule has 2 atom stereocenters. The van der Waals surface area contributed by atoms with E-state index in [1.807, 2.05) is 6.92 Å². The van der Waals surface area contributed by atoms with Crippen LogP contribution in [0.1, 0.15) is 59.3 Å². The first kappa shape index (κ1) is 15.4. The Hall–Kier alpha value is -0.570. The molecule has 0 aromatic heterocycles. The first-order valence-corrected chi connectivity index (χ1v) is 6.57. The van der Waals surface area contributed by atoms with E-state index in [0.717, 1.165) is 19.3 Å². The minimum absolute atomic E-state index is 0.239. The Morgan fingerprint density at radius 3 is 2.38 bits per heavy atom. The van der Waals surface area contributed by atoms with Crippen LogP contribution >= 0.6 is 0 Å². The van der Waals surface area contributed by atoms with Gasteiger partial charge < -0.3 is 10.5 Å². The Morgan fingerprint density at radius 2 is 1.88 bits per heavy atom. The second-order valence-electron chi connectivity index (χ2n) is 4.44. The summed E-state index contributed by atoms with van der Waals surface area (Å²) in [4.78, 5) is 11.5. The van der Waals surface area contributed by atoms with E-state index < -0.39 is 6.04 Å². The molecule has 96 valence electrons. The predicted molar refractivity (Wildman–Crippen MR) is 67.1 cm³/mol. The van der Waals surface area contributed by atoms with Gasteiger partial charge in [-0.05, 0) is 18.8 Å². The highest BCUT2D eigenvalue weighted by molar-refractivity contribution is 5.75. The predicted octanol–water partition coefficient (Wildman–Crippen LogP) is 2.87. The largest absolute Gasteiger partial charge is 0.464 e. The molecule has 0 aromatic carbocycles. The Bertz CT molecular complexity index is 183. The van der Waals surface area contributed by atoms with Crippen LogP contribution in [0.25, 0.3) is 0 Å². The highest BCUT2D eigenvalue weighted by Gasteiger charge is 2.15. The molecule has 1 unspecified atom stereocenters. The highest BCUT2D eigenvalue weighted by atomic mass is 16.5. The van der Waals surface area contributed by atoms with Crippen LogP contribution in [0.2, 0.25) is 0 Å². The third-order valence-corrected chi connectivity index (χ3v) is 2.91. The standard InChI is InChI=1S/C13H27NO2/c1-4-7-9-11(6-3)10-16-13(15)12(14)8-5-2/h11-12H,4-10,14H2,1-3H3/t11?,12-/m0/s1. The smallest absolute Gasteiger partial charge is 0.322 e. The first-order valence-electron chi connectivity index (χ1n) is 6.57. The van der Waals surface area contributed by atoms with Crippen LogP contribution in [-0.2, 0) is 9.53 Å². The molecular formula is C13H27NO2. The average Bonchev–Trinajstić information content (AvgIpc) is 2.29. The van der Waals surface area contributed by atoms with Gasteiger partial charge in [-0.25, -0.2) is 0 Å². The van der Waals surface area contributed by atoms with Gasteiger partial charge in [-0.2, -0.15) is 0 Å². The lowest BCUT2D eigenvalue weighted by molar-refractivity contribution is -0.146. The molecule has 0 fully saturated rings. The number of esters is 1. The second kappa shape index (κ2) is 9.64. The molecule has 0 bridgehead atoms. The van der Waals surface area contributed by atoms with Crippen LogP contribution < -0.4 is 5.73 Å². The molecule has 0 aromatic rings. The molecule has 0 amide bonds. The molecule has 3 nitrogen and oxygen atoms in total. The number of unbranched alkanes of at least 4 members (excludes halogenated alkanes) is 1. The third-order valence-electron chi connectivity index (χ3n) is 2.91. The Labute approximate surface area is 99.7 Å². The Balaban J connectivity index is 3.78. The van der Waals surface area contributed by atoms with Crippen LogP contribution in [0, 0.1) is 5.92 Å². The fourth-order valence-electron chi connectivity index (χ4n) is 1.63. The monoisotopic (exact) mass is 229 g/mol. The lowest BCUT2D eigenvalue weighted by Gasteiger charge is -2.16. The van der Waals surface area contributed by atoms with E-state index in [-0.39, 0.29) is 5.97 Å². The zero-order valence-corrected chi connectivity index (χ0v) is 11.0. The number of nitrogens with two attached hydrogens (primary N) is 1. The van der Waals surface area contributed by atoms with Crippen molar-refractivity contribution < 1.29 is 9.53 Å². The Kier molecular flexibility index (Phi) is 9.30. The minimum Gasteiger partial charge on any atom is -0.464 e. The van der Waals surface area contributed by atoms with E-state index in [2.05, 4.69) is 13.8 Å². The van der Waals surface area contributed by atoms with Crippen molar-refractivity contribution in [1.29, 1.82) is 0 Å². The lowest BCUT2D eigenvalue weighted by atomic mass is 10.0. The summed E-state index contributed by atoms with van der Waals surface area (Å²) in [6.45, 7) is 6.87. The van der Waals surface area contributed by atoms with Crippen molar-refractivity contribution in [3.8, 4) is 0 Å². The van der Waals surface area contributed by atoms with Gasteiger partial charge in [0.25, 0.3) is 0 Å². The summed E-state index contributed by atoms with van der Waals surface area (Å²) in [5.74, 6) is 0.259. The minimum atomic E-state index is -0.436. The number of hydrogen-bond acceptors (Lipinski definition) is 3. The van der Waals surface area contributed by atoms with Crippen molar-refractivity contribution >= 4 is 5.97 Å². The number of rotatable bonds is 9.